The van der Waals surface area contributed by atoms with Crippen LogP contribution in [0.5, 0.6) is 0 Å². The molecule has 4 aliphatic rings. The highest BCUT2D eigenvalue weighted by molar-refractivity contribution is 6.33. The predicted octanol–water partition coefficient (Wildman–Crippen LogP) is 4.94. The molecule has 4 heteroatoms. The minimum atomic E-state index is -0.788. The lowest BCUT2D eigenvalue weighted by molar-refractivity contribution is -0.179. The number of rotatable bonds is 2. The molecule has 1 N–H and O–H groups in total. The molecule has 0 atom stereocenters. The highest BCUT2D eigenvalue weighted by Gasteiger charge is 2.57. The van der Waals surface area contributed by atoms with Gasteiger partial charge in [0.05, 0.1) is 16.2 Å². The molecule has 0 radical (unpaired) electrons. The fraction of sp³-hybridized carbons (Fsp3) is 0.667. The monoisotopic (exact) mass is 362 g/mol. The average molecular weight is 363 g/mol. The largest absolute Gasteiger partial charge is 0.456 e. The van der Waals surface area contributed by atoms with Crippen LogP contribution in [-0.4, -0.2) is 16.7 Å². The summed E-state index contributed by atoms with van der Waals surface area (Å²) >= 11 is 6.42. The lowest BCUT2D eigenvalue weighted by atomic mass is 9.48. The fourth-order valence-corrected chi connectivity index (χ4v) is 5.89. The zero-order valence-corrected chi connectivity index (χ0v) is 16.0. The number of ether oxygens (including phenoxy) is 1. The van der Waals surface area contributed by atoms with E-state index in [2.05, 4.69) is 0 Å². The maximum absolute atomic E-state index is 12.3. The van der Waals surface area contributed by atoms with Crippen molar-refractivity contribution in [2.45, 2.75) is 64.1 Å². The van der Waals surface area contributed by atoms with Gasteiger partial charge in [0.2, 0.25) is 0 Å². The molecule has 4 saturated carbocycles. The van der Waals surface area contributed by atoms with Crippen LogP contribution in [0.15, 0.2) is 18.2 Å². The molecule has 136 valence electrons. The number of hydrogen-bond donors (Lipinski definition) is 1. The smallest absolute Gasteiger partial charge is 0.340 e. The van der Waals surface area contributed by atoms with Gasteiger partial charge in [-0.2, -0.15) is 0 Å². The Hall–Kier alpha value is -1.06. The zero-order chi connectivity index (χ0) is 18.0. The quantitative estimate of drug-likeness (QED) is 0.758. The summed E-state index contributed by atoms with van der Waals surface area (Å²) in [4.78, 5) is 12.3. The third kappa shape index (κ3) is 2.90. The number of benzene rings is 1. The summed E-state index contributed by atoms with van der Waals surface area (Å²) in [5, 5.41) is 12.0. The predicted molar refractivity (Wildman–Crippen MR) is 97.6 cm³/mol. The normalized spacial score (nSPS) is 36.5. The van der Waals surface area contributed by atoms with Crippen LogP contribution >= 0.6 is 11.6 Å². The van der Waals surface area contributed by atoms with E-state index in [1.807, 2.05) is 26.8 Å². The first-order chi connectivity index (χ1) is 11.7. The Morgan fingerprint density at radius 3 is 2.16 bits per heavy atom. The molecule has 0 aromatic heterocycles. The molecule has 4 aliphatic carbocycles. The summed E-state index contributed by atoms with van der Waals surface area (Å²) in [6.07, 6.45) is 5.83. The summed E-state index contributed by atoms with van der Waals surface area (Å²) < 4.78 is 5.42. The lowest BCUT2D eigenvalue weighted by Gasteiger charge is -2.59. The first-order valence-electron chi connectivity index (χ1n) is 9.42. The standard InChI is InChI=1S/C21H27ClO3/c1-20(2,3)25-19(23)17-5-4-14(11-18(17)22)21(24)15-7-12-6-13(9-15)10-16(21)8-12/h4-5,11-13,15-16,24H,6-10H2,1-3H3. The number of carbonyl (C=O) groups excluding carboxylic acids is 1. The molecule has 25 heavy (non-hydrogen) atoms. The van der Waals surface area contributed by atoms with E-state index >= 15 is 0 Å². The van der Waals surface area contributed by atoms with Gasteiger partial charge in [0.25, 0.3) is 0 Å². The van der Waals surface area contributed by atoms with Gasteiger partial charge in [0, 0.05) is 0 Å². The van der Waals surface area contributed by atoms with E-state index in [1.54, 1.807) is 12.1 Å². The van der Waals surface area contributed by atoms with Crippen molar-refractivity contribution in [1.29, 1.82) is 0 Å². The molecule has 4 bridgehead atoms. The Bertz CT molecular complexity index is 676. The van der Waals surface area contributed by atoms with Crippen LogP contribution in [0.4, 0.5) is 0 Å². The fourth-order valence-electron chi connectivity index (χ4n) is 5.64. The first kappa shape index (κ1) is 17.4. The van der Waals surface area contributed by atoms with Gasteiger partial charge in [-0.15, -0.1) is 0 Å². The van der Waals surface area contributed by atoms with E-state index in [-0.39, 0.29) is 0 Å². The molecule has 0 spiro atoms. The van der Waals surface area contributed by atoms with Gasteiger partial charge in [0.1, 0.15) is 5.60 Å². The highest BCUT2D eigenvalue weighted by Crippen LogP contribution is 2.61. The van der Waals surface area contributed by atoms with Crippen LogP contribution in [-0.2, 0) is 10.3 Å². The Morgan fingerprint density at radius 2 is 1.68 bits per heavy atom. The lowest BCUT2D eigenvalue weighted by Crippen LogP contribution is -2.55. The van der Waals surface area contributed by atoms with Gasteiger partial charge in [-0.25, -0.2) is 4.79 Å². The number of esters is 1. The summed E-state index contributed by atoms with van der Waals surface area (Å²) in [6.45, 7) is 5.51. The zero-order valence-electron chi connectivity index (χ0n) is 15.2. The van der Waals surface area contributed by atoms with E-state index < -0.39 is 17.2 Å². The number of hydrogen-bond acceptors (Lipinski definition) is 3. The van der Waals surface area contributed by atoms with Crippen molar-refractivity contribution in [1.82, 2.24) is 0 Å². The SMILES string of the molecule is CC(C)(C)OC(=O)c1ccc(C2(O)C3CC4CC(C3)CC2C4)cc1Cl. The van der Waals surface area contributed by atoms with E-state index in [0.717, 1.165) is 43.1 Å². The van der Waals surface area contributed by atoms with Crippen LogP contribution in [0, 0.1) is 23.7 Å². The summed E-state index contributed by atoms with van der Waals surface area (Å²) in [6, 6.07) is 5.39. The Kier molecular flexibility index (Phi) is 3.97. The van der Waals surface area contributed by atoms with Gasteiger partial charge < -0.3 is 9.84 Å². The van der Waals surface area contributed by atoms with Crippen molar-refractivity contribution in [2.75, 3.05) is 0 Å². The van der Waals surface area contributed by atoms with Crippen molar-refractivity contribution in [3.05, 3.63) is 34.3 Å². The van der Waals surface area contributed by atoms with Gasteiger partial charge in [-0.3, -0.25) is 0 Å². The Labute approximate surface area is 154 Å². The molecule has 3 nitrogen and oxygen atoms in total. The molecular formula is C21H27ClO3. The van der Waals surface area contributed by atoms with Crippen LogP contribution in [0.3, 0.4) is 0 Å². The van der Waals surface area contributed by atoms with Crippen LogP contribution in [0.2, 0.25) is 5.02 Å². The van der Waals surface area contributed by atoms with E-state index in [9.17, 15) is 9.90 Å². The Balaban J connectivity index is 1.64. The number of halogens is 1. The number of carbonyl (C=O) groups is 1. The van der Waals surface area contributed by atoms with Gasteiger partial charge in [-0.05, 0) is 94.2 Å². The molecular weight excluding hydrogens is 336 g/mol. The molecule has 1 aromatic rings. The molecule has 0 aliphatic heterocycles. The molecule has 0 saturated heterocycles. The third-order valence-corrected chi connectivity index (χ3v) is 6.75. The second-order valence-corrected chi connectivity index (χ2v) is 9.73. The van der Waals surface area contributed by atoms with Crippen molar-refractivity contribution in [3.63, 3.8) is 0 Å². The van der Waals surface area contributed by atoms with E-state index in [0.29, 0.717) is 22.4 Å². The topological polar surface area (TPSA) is 46.5 Å². The number of aliphatic hydroxyl groups is 1. The second-order valence-electron chi connectivity index (χ2n) is 9.33. The van der Waals surface area contributed by atoms with Crippen LogP contribution in [0.1, 0.15) is 68.8 Å². The molecule has 0 amide bonds. The van der Waals surface area contributed by atoms with E-state index in [1.165, 1.54) is 6.42 Å². The van der Waals surface area contributed by atoms with Crippen LogP contribution in [0.25, 0.3) is 0 Å². The molecule has 1 aromatic carbocycles. The third-order valence-electron chi connectivity index (χ3n) is 6.43. The van der Waals surface area contributed by atoms with Crippen molar-refractivity contribution < 1.29 is 14.6 Å². The minimum absolute atomic E-state index is 0.326. The van der Waals surface area contributed by atoms with Crippen LogP contribution < -0.4 is 0 Å². The second kappa shape index (κ2) is 5.72. The van der Waals surface area contributed by atoms with Crippen molar-refractivity contribution in [2.24, 2.45) is 23.7 Å². The average Bonchev–Trinajstić information content (AvgIpc) is 2.49. The van der Waals surface area contributed by atoms with E-state index in [4.69, 9.17) is 16.3 Å². The highest BCUT2D eigenvalue weighted by atomic mass is 35.5. The van der Waals surface area contributed by atoms with Gasteiger partial charge in [-0.1, -0.05) is 17.7 Å². The van der Waals surface area contributed by atoms with Gasteiger partial charge >= 0.3 is 5.97 Å². The maximum Gasteiger partial charge on any atom is 0.340 e. The molecule has 0 heterocycles. The summed E-state index contributed by atoms with van der Waals surface area (Å²) in [5.41, 5.74) is -0.103. The molecule has 5 rings (SSSR count). The summed E-state index contributed by atoms with van der Waals surface area (Å²) in [7, 11) is 0. The van der Waals surface area contributed by atoms with Crippen molar-refractivity contribution in [3.8, 4) is 0 Å². The molecule has 4 fully saturated rings. The summed E-state index contributed by atoms with van der Waals surface area (Å²) in [5.74, 6) is 1.82. The van der Waals surface area contributed by atoms with Gasteiger partial charge in [0.15, 0.2) is 0 Å². The minimum Gasteiger partial charge on any atom is -0.456 e. The first-order valence-corrected chi connectivity index (χ1v) is 9.80. The van der Waals surface area contributed by atoms with Crippen molar-refractivity contribution >= 4 is 17.6 Å². The Morgan fingerprint density at radius 1 is 1.12 bits per heavy atom. The molecule has 0 unspecified atom stereocenters. The maximum atomic E-state index is 12.3.